The number of hydrogen-bond donors (Lipinski definition) is 1. The number of nitrogens with one attached hydrogen (secondary N) is 1. The van der Waals surface area contributed by atoms with Crippen LogP contribution < -0.4 is 15.8 Å². The molecule has 1 N–H and O–H groups in total. The van der Waals surface area contributed by atoms with Crippen LogP contribution in [-0.2, 0) is 16.6 Å². The minimum atomic E-state index is -0.0804. The molecule has 0 aromatic carbocycles. The number of aryl methyl sites for hydroxylation is 1. The molecule has 0 saturated carbocycles. The summed E-state index contributed by atoms with van der Waals surface area (Å²) in [5, 5.41) is 3.14. The standard InChI is InChI=1S/C20H24BrN5O2.C4H8O.C2H6/c1-24-8-13(21)6-18(20(24)27)23-19-5-4-14(7-22-19)26-15-2-3-16(26)10-25(9-15)17-11-28-12-17;1-3-4(2)5;1-2/h4-8,15-17H,2-3,9-12H2,1H3,(H,22,23);3H2,1-2H3;1-2H3. The fourth-order valence-electron chi connectivity index (χ4n) is 4.60. The molecule has 2 unspecified atom stereocenters. The molecule has 3 aliphatic heterocycles. The van der Waals surface area contributed by atoms with Crippen molar-refractivity contribution in [2.45, 2.75) is 65.1 Å². The number of nitrogens with zero attached hydrogens (tertiary/aromatic N) is 4. The monoisotopic (exact) mass is 547 g/mol. The van der Waals surface area contributed by atoms with Gasteiger partial charge in [0, 0.05) is 49.3 Å². The third kappa shape index (κ3) is 6.71. The first-order valence-corrected chi connectivity index (χ1v) is 13.3. The zero-order chi connectivity index (χ0) is 25.5. The average molecular weight is 549 g/mol. The Morgan fingerprint density at radius 3 is 2.29 bits per heavy atom. The summed E-state index contributed by atoms with van der Waals surface area (Å²) in [5.41, 5.74) is 1.60. The fraction of sp³-hybridized carbons (Fsp3) is 0.577. The van der Waals surface area contributed by atoms with Crippen LogP contribution in [0.4, 0.5) is 17.2 Å². The molecule has 8 nitrogen and oxygen atoms in total. The van der Waals surface area contributed by atoms with E-state index in [4.69, 9.17) is 4.74 Å². The van der Waals surface area contributed by atoms with Crippen molar-refractivity contribution < 1.29 is 9.53 Å². The number of likely N-dealkylation sites (tertiary alicyclic amines) is 1. The van der Waals surface area contributed by atoms with Crippen molar-refractivity contribution in [2.24, 2.45) is 7.05 Å². The number of aromatic nitrogens is 2. The molecule has 0 spiro atoms. The highest BCUT2D eigenvalue weighted by Crippen LogP contribution is 2.36. The lowest BCUT2D eigenvalue weighted by molar-refractivity contribution is -0.116. The van der Waals surface area contributed by atoms with Gasteiger partial charge in [0.1, 0.15) is 17.3 Å². The number of pyridine rings is 2. The lowest BCUT2D eigenvalue weighted by atomic mass is 10.1. The third-order valence-corrected chi connectivity index (χ3v) is 7.04. The van der Waals surface area contributed by atoms with Gasteiger partial charge in [-0.25, -0.2) is 4.98 Å². The Labute approximate surface area is 216 Å². The van der Waals surface area contributed by atoms with Gasteiger partial charge in [-0.15, -0.1) is 0 Å². The van der Waals surface area contributed by atoms with Crippen molar-refractivity contribution in [1.29, 1.82) is 0 Å². The van der Waals surface area contributed by atoms with Gasteiger partial charge >= 0.3 is 0 Å². The van der Waals surface area contributed by atoms with E-state index < -0.39 is 0 Å². The van der Waals surface area contributed by atoms with Crippen molar-refractivity contribution in [3.05, 3.63) is 45.4 Å². The molecule has 2 aromatic rings. The molecular formula is C26H38BrN5O3. The number of rotatable bonds is 5. The smallest absolute Gasteiger partial charge is 0.274 e. The van der Waals surface area contributed by atoms with Crippen molar-refractivity contribution in [3.8, 4) is 0 Å². The summed E-state index contributed by atoms with van der Waals surface area (Å²) in [5.74, 6) is 0.932. The van der Waals surface area contributed by atoms with Crippen LogP contribution >= 0.6 is 15.9 Å². The molecule has 5 heterocycles. The van der Waals surface area contributed by atoms with E-state index in [0.717, 1.165) is 30.8 Å². The highest BCUT2D eigenvalue weighted by Gasteiger charge is 2.43. The first-order chi connectivity index (χ1) is 16.9. The van der Waals surface area contributed by atoms with E-state index in [-0.39, 0.29) is 11.3 Å². The number of Topliss-reactive ketones (excluding diaryl/α,β-unsaturated/α-hetero) is 1. The van der Waals surface area contributed by atoms with Gasteiger partial charge in [-0.2, -0.15) is 0 Å². The summed E-state index contributed by atoms with van der Waals surface area (Å²) in [6.45, 7) is 11.4. The first-order valence-electron chi connectivity index (χ1n) is 12.5. The van der Waals surface area contributed by atoms with E-state index in [0.29, 0.717) is 36.1 Å². The lowest BCUT2D eigenvalue weighted by Crippen LogP contribution is -2.60. The molecule has 3 fully saturated rings. The predicted octanol–water partition coefficient (Wildman–Crippen LogP) is 4.35. The maximum atomic E-state index is 12.3. The number of fused-ring (bicyclic) bond motifs is 2. The summed E-state index contributed by atoms with van der Waals surface area (Å²) in [6, 6.07) is 7.58. The zero-order valence-corrected chi connectivity index (χ0v) is 23.0. The number of piperazine rings is 1. The van der Waals surface area contributed by atoms with Gasteiger partial charge in [-0.1, -0.05) is 20.8 Å². The fourth-order valence-corrected chi connectivity index (χ4v) is 5.14. The van der Waals surface area contributed by atoms with Crippen LogP contribution in [0.3, 0.4) is 0 Å². The summed E-state index contributed by atoms with van der Waals surface area (Å²) in [6.07, 6.45) is 6.82. The molecule has 2 bridgehead atoms. The van der Waals surface area contributed by atoms with Gasteiger partial charge in [0.25, 0.3) is 5.56 Å². The third-order valence-electron chi connectivity index (χ3n) is 6.60. The molecule has 192 valence electrons. The van der Waals surface area contributed by atoms with Crippen LogP contribution in [0.5, 0.6) is 0 Å². The van der Waals surface area contributed by atoms with Gasteiger partial charge in [-0.3, -0.25) is 9.69 Å². The molecule has 0 aliphatic carbocycles. The normalized spacial score (nSPS) is 21.3. The average Bonchev–Trinajstić information content (AvgIpc) is 3.08. The van der Waals surface area contributed by atoms with Crippen LogP contribution in [0.15, 0.2) is 39.9 Å². The molecule has 2 atom stereocenters. The Hall–Kier alpha value is -2.23. The Morgan fingerprint density at radius 2 is 1.80 bits per heavy atom. The highest BCUT2D eigenvalue weighted by atomic mass is 79.9. The molecule has 3 aliphatic rings. The largest absolute Gasteiger partial charge is 0.378 e. The molecule has 5 rings (SSSR count). The second-order valence-corrected chi connectivity index (χ2v) is 9.92. The number of halogens is 1. The minimum Gasteiger partial charge on any atom is -0.378 e. The summed E-state index contributed by atoms with van der Waals surface area (Å²) >= 11 is 3.43. The van der Waals surface area contributed by atoms with Crippen molar-refractivity contribution in [3.63, 3.8) is 0 Å². The van der Waals surface area contributed by atoms with Gasteiger partial charge in [0.2, 0.25) is 0 Å². The van der Waals surface area contributed by atoms with E-state index >= 15 is 0 Å². The first kappa shape index (κ1) is 27.4. The van der Waals surface area contributed by atoms with Crippen LogP contribution in [0.2, 0.25) is 0 Å². The van der Waals surface area contributed by atoms with Gasteiger partial charge in [0.05, 0.1) is 31.1 Å². The number of ether oxygens (including phenoxy) is 1. The van der Waals surface area contributed by atoms with E-state index in [1.54, 1.807) is 30.8 Å². The number of carbonyl (C=O) groups is 1. The second kappa shape index (κ2) is 12.6. The Balaban J connectivity index is 0.000000438. The Morgan fingerprint density at radius 1 is 1.17 bits per heavy atom. The van der Waals surface area contributed by atoms with Crippen LogP contribution in [0.1, 0.15) is 47.0 Å². The van der Waals surface area contributed by atoms with E-state index in [1.807, 2.05) is 33.0 Å². The van der Waals surface area contributed by atoms with Crippen LogP contribution in [0.25, 0.3) is 0 Å². The van der Waals surface area contributed by atoms with Gasteiger partial charge in [0.15, 0.2) is 0 Å². The quantitative estimate of drug-likeness (QED) is 0.595. The molecular weight excluding hydrogens is 510 g/mol. The lowest BCUT2D eigenvalue weighted by Gasteiger charge is -2.47. The number of ketones is 1. The zero-order valence-electron chi connectivity index (χ0n) is 21.5. The maximum Gasteiger partial charge on any atom is 0.274 e. The Kier molecular flexibility index (Phi) is 9.89. The summed E-state index contributed by atoms with van der Waals surface area (Å²) in [4.78, 5) is 31.8. The van der Waals surface area contributed by atoms with Gasteiger partial charge < -0.3 is 24.3 Å². The molecule has 0 radical (unpaired) electrons. The summed E-state index contributed by atoms with van der Waals surface area (Å²) in [7, 11) is 1.74. The highest BCUT2D eigenvalue weighted by molar-refractivity contribution is 9.10. The molecule has 0 amide bonds. The van der Waals surface area contributed by atoms with E-state index in [1.165, 1.54) is 18.5 Å². The molecule has 2 aromatic heterocycles. The topological polar surface area (TPSA) is 79.7 Å². The van der Waals surface area contributed by atoms with Crippen LogP contribution in [-0.4, -0.2) is 64.7 Å². The minimum absolute atomic E-state index is 0.0804. The maximum absolute atomic E-state index is 12.3. The number of carbonyl (C=O) groups excluding carboxylic acids is 1. The molecule has 35 heavy (non-hydrogen) atoms. The number of anilines is 3. The SMILES string of the molecule is CC.CCC(C)=O.Cn1cc(Br)cc(Nc2ccc(N3C4CCC3CN(C3COC3)C4)cn2)c1=O. The molecule has 9 heteroatoms. The van der Waals surface area contributed by atoms with Crippen molar-refractivity contribution >= 4 is 38.9 Å². The van der Waals surface area contributed by atoms with E-state index in [9.17, 15) is 9.59 Å². The van der Waals surface area contributed by atoms with Crippen molar-refractivity contribution in [1.82, 2.24) is 14.5 Å². The molecule has 3 saturated heterocycles. The second-order valence-electron chi connectivity index (χ2n) is 9.01. The number of hydrogen-bond acceptors (Lipinski definition) is 7. The van der Waals surface area contributed by atoms with Gasteiger partial charge in [-0.05, 0) is 53.9 Å². The predicted molar refractivity (Wildman–Crippen MR) is 145 cm³/mol. The van der Waals surface area contributed by atoms with E-state index in [2.05, 4.69) is 42.1 Å². The summed E-state index contributed by atoms with van der Waals surface area (Å²) < 4.78 is 7.77. The van der Waals surface area contributed by atoms with Crippen LogP contribution in [0, 0.1) is 0 Å². The van der Waals surface area contributed by atoms with Crippen molar-refractivity contribution in [2.75, 3.05) is 36.5 Å². The Bertz CT molecular complexity index is 1020.